The van der Waals surface area contributed by atoms with Crippen molar-refractivity contribution in [2.24, 2.45) is 0 Å². The van der Waals surface area contributed by atoms with E-state index in [1.54, 1.807) is 12.1 Å². The average molecular weight is 365 g/mol. The van der Waals surface area contributed by atoms with Crippen LogP contribution in [0, 0.1) is 0 Å². The lowest BCUT2D eigenvalue weighted by Gasteiger charge is -2.04. The number of carbonyl (C=O) groups excluding carboxylic acids is 1. The van der Waals surface area contributed by atoms with Gasteiger partial charge in [0.25, 0.3) is 5.91 Å². The van der Waals surface area contributed by atoms with Crippen molar-refractivity contribution in [1.29, 1.82) is 0 Å². The number of H-pyrrole nitrogens is 1. The number of rotatable bonds is 3. The lowest BCUT2D eigenvalue weighted by Crippen LogP contribution is -2.13. The van der Waals surface area contributed by atoms with E-state index in [1.165, 1.54) is 6.33 Å². The lowest BCUT2D eigenvalue weighted by atomic mass is 10.1. The highest BCUT2D eigenvalue weighted by Gasteiger charge is 2.14. The van der Waals surface area contributed by atoms with E-state index < -0.39 is 0 Å². The number of fused-ring (bicyclic) bond motifs is 2. The van der Waals surface area contributed by atoms with Crippen LogP contribution in [-0.4, -0.2) is 25.8 Å². The minimum atomic E-state index is -0.234. The number of benzene rings is 3. The molecule has 0 unspecified atom stereocenters. The van der Waals surface area contributed by atoms with Gasteiger partial charge in [0.2, 0.25) is 0 Å². The third-order valence-electron chi connectivity index (χ3n) is 4.58. The number of amides is 1. The number of nitrogens with zero attached hydrogens (tertiary/aromatic N) is 3. The fraction of sp³-hybridized carbons (Fsp3) is 0. The van der Waals surface area contributed by atoms with Gasteiger partial charge >= 0.3 is 0 Å². The van der Waals surface area contributed by atoms with E-state index in [4.69, 9.17) is 0 Å². The third kappa shape index (κ3) is 2.87. The molecular formula is C22H15N5O. The van der Waals surface area contributed by atoms with Crippen molar-refractivity contribution in [3.8, 4) is 11.4 Å². The Morgan fingerprint density at radius 2 is 1.64 bits per heavy atom. The monoisotopic (exact) mass is 365 g/mol. The van der Waals surface area contributed by atoms with Gasteiger partial charge in [0, 0.05) is 11.1 Å². The Morgan fingerprint density at radius 1 is 0.857 bits per heavy atom. The van der Waals surface area contributed by atoms with Gasteiger partial charge in [0.1, 0.15) is 17.7 Å². The van der Waals surface area contributed by atoms with Crippen molar-refractivity contribution >= 4 is 33.7 Å². The molecule has 0 bridgehead atoms. The van der Waals surface area contributed by atoms with Gasteiger partial charge in [-0.25, -0.2) is 15.0 Å². The maximum atomic E-state index is 12.5. The summed E-state index contributed by atoms with van der Waals surface area (Å²) >= 11 is 0. The zero-order valence-electron chi connectivity index (χ0n) is 14.8. The molecule has 28 heavy (non-hydrogen) atoms. The van der Waals surface area contributed by atoms with Gasteiger partial charge in [-0.05, 0) is 29.0 Å². The Morgan fingerprint density at radius 3 is 2.50 bits per heavy atom. The summed E-state index contributed by atoms with van der Waals surface area (Å²) in [4.78, 5) is 28.7. The molecule has 0 saturated heterocycles. The van der Waals surface area contributed by atoms with Crippen LogP contribution in [0.15, 0.2) is 79.1 Å². The first kappa shape index (κ1) is 16.1. The van der Waals surface area contributed by atoms with Crippen LogP contribution < -0.4 is 5.32 Å². The quantitative estimate of drug-likeness (QED) is 0.495. The standard InChI is InChI=1S/C22H15N5O/c28-22(15-7-2-1-3-8-15)27-21-18-20(23-13-24-21)26-19(25-18)17-11-10-14-6-4-5-9-16(14)12-17/h1-13H,(H2,23,24,25,26,27,28). The molecule has 2 aromatic heterocycles. The SMILES string of the molecule is O=C(Nc1ncnc2nc(-c3ccc4ccccc4c3)[nH]c12)c1ccccc1. The highest BCUT2D eigenvalue weighted by Crippen LogP contribution is 2.26. The molecule has 6 nitrogen and oxygen atoms in total. The summed E-state index contributed by atoms with van der Waals surface area (Å²) in [5.74, 6) is 0.845. The predicted molar refractivity (Wildman–Crippen MR) is 109 cm³/mol. The van der Waals surface area contributed by atoms with Crippen LogP contribution in [-0.2, 0) is 0 Å². The number of aromatic amines is 1. The van der Waals surface area contributed by atoms with E-state index in [0.29, 0.717) is 28.4 Å². The van der Waals surface area contributed by atoms with E-state index >= 15 is 0 Å². The first-order chi connectivity index (χ1) is 13.8. The van der Waals surface area contributed by atoms with Crippen LogP contribution in [0.1, 0.15) is 10.4 Å². The van der Waals surface area contributed by atoms with Gasteiger partial charge in [-0.1, -0.05) is 54.6 Å². The van der Waals surface area contributed by atoms with Gasteiger partial charge < -0.3 is 10.3 Å². The number of anilines is 1. The maximum absolute atomic E-state index is 12.5. The zero-order valence-corrected chi connectivity index (χ0v) is 14.8. The molecule has 0 aliphatic rings. The van der Waals surface area contributed by atoms with Crippen LogP contribution in [0.5, 0.6) is 0 Å². The number of imidazole rings is 1. The normalized spacial score (nSPS) is 11.0. The Bertz CT molecular complexity index is 1310. The highest BCUT2D eigenvalue weighted by atomic mass is 16.1. The van der Waals surface area contributed by atoms with Crippen molar-refractivity contribution in [1.82, 2.24) is 19.9 Å². The first-order valence-electron chi connectivity index (χ1n) is 8.84. The number of carbonyl (C=O) groups is 1. The van der Waals surface area contributed by atoms with E-state index in [-0.39, 0.29) is 5.91 Å². The van der Waals surface area contributed by atoms with Crippen molar-refractivity contribution in [2.45, 2.75) is 0 Å². The van der Waals surface area contributed by atoms with E-state index in [0.717, 1.165) is 16.3 Å². The van der Waals surface area contributed by atoms with Crippen LogP contribution >= 0.6 is 0 Å². The Hall–Kier alpha value is -4.06. The Labute approximate surface area is 160 Å². The van der Waals surface area contributed by atoms with Crippen LogP contribution in [0.2, 0.25) is 0 Å². The van der Waals surface area contributed by atoms with Crippen LogP contribution in [0.25, 0.3) is 33.3 Å². The first-order valence-corrected chi connectivity index (χ1v) is 8.84. The second kappa shape index (κ2) is 6.59. The molecule has 6 heteroatoms. The molecule has 5 aromatic rings. The van der Waals surface area contributed by atoms with E-state index in [1.807, 2.05) is 36.4 Å². The maximum Gasteiger partial charge on any atom is 0.256 e. The minimum Gasteiger partial charge on any atom is -0.334 e. The highest BCUT2D eigenvalue weighted by molar-refractivity contribution is 6.06. The second-order valence-electron chi connectivity index (χ2n) is 6.39. The van der Waals surface area contributed by atoms with Crippen LogP contribution in [0.4, 0.5) is 5.82 Å². The van der Waals surface area contributed by atoms with Crippen molar-refractivity contribution in [3.63, 3.8) is 0 Å². The van der Waals surface area contributed by atoms with Gasteiger partial charge in [0.05, 0.1) is 0 Å². The molecular weight excluding hydrogens is 350 g/mol. The zero-order chi connectivity index (χ0) is 18.9. The Balaban J connectivity index is 1.54. The Kier molecular flexibility index (Phi) is 3.80. The second-order valence-corrected chi connectivity index (χ2v) is 6.39. The summed E-state index contributed by atoms with van der Waals surface area (Å²) in [5.41, 5.74) is 2.59. The summed E-state index contributed by atoms with van der Waals surface area (Å²) < 4.78 is 0. The molecule has 5 rings (SSSR count). The number of hydrogen-bond acceptors (Lipinski definition) is 4. The fourth-order valence-corrected chi connectivity index (χ4v) is 3.17. The molecule has 134 valence electrons. The molecule has 0 spiro atoms. The molecule has 0 saturated carbocycles. The largest absolute Gasteiger partial charge is 0.334 e. The molecule has 0 aliphatic heterocycles. The number of hydrogen-bond donors (Lipinski definition) is 2. The molecule has 2 heterocycles. The minimum absolute atomic E-state index is 0.234. The number of aromatic nitrogens is 4. The smallest absolute Gasteiger partial charge is 0.256 e. The van der Waals surface area contributed by atoms with Crippen molar-refractivity contribution in [2.75, 3.05) is 5.32 Å². The van der Waals surface area contributed by atoms with E-state index in [2.05, 4.69) is 49.5 Å². The summed E-state index contributed by atoms with van der Waals surface area (Å²) in [6, 6.07) is 23.3. The molecule has 2 N–H and O–H groups in total. The predicted octanol–water partition coefficient (Wildman–Crippen LogP) is 4.43. The molecule has 1 amide bonds. The summed E-state index contributed by atoms with van der Waals surface area (Å²) in [7, 11) is 0. The summed E-state index contributed by atoms with van der Waals surface area (Å²) in [6.45, 7) is 0. The van der Waals surface area contributed by atoms with Gasteiger partial charge in [0.15, 0.2) is 11.5 Å². The van der Waals surface area contributed by atoms with Crippen molar-refractivity contribution in [3.05, 3.63) is 84.7 Å². The molecule has 0 radical (unpaired) electrons. The topological polar surface area (TPSA) is 83.6 Å². The number of nitrogens with one attached hydrogen (secondary N) is 2. The molecule has 0 aliphatic carbocycles. The van der Waals surface area contributed by atoms with Gasteiger partial charge in [-0.2, -0.15) is 0 Å². The lowest BCUT2D eigenvalue weighted by molar-refractivity contribution is 0.102. The average Bonchev–Trinajstić information content (AvgIpc) is 3.19. The third-order valence-corrected chi connectivity index (χ3v) is 4.58. The van der Waals surface area contributed by atoms with Crippen LogP contribution in [0.3, 0.4) is 0 Å². The van der Waals surface area contributed by atoms with Gasteiger partial charge in [-0.3, -0.25) is 4.79 Å². The fourth-order valence-electron chi connectivity index (χ4n) is 3.17. The molecule has 3 aromatic carbocycles. The van der Waals surface area contributed by atoms with Gasteiger partial charge in [-0.15, -0.1) is 0 Å². The van der Waals surface area contributed by atoms with Crippen molar-refractivity contribution < 1.29 is 4.79 Å². The molecule has 0 atom stereocenters. The summed E-state index contributed by atoms with van der Waals surface area (Å²) in [6.07, 6.45) is 1.40. The molecule has 0 fully saturated rings. The van der Waals surface area contributed by atoms with E-state index in [9.17, 15) is 4.79 Å². The summed E-state index contributed by atoms with van der Waals surface area (Å²) in [5, 5.41) is 5.13.